The molecule has 3 saturated heterocycles. The molecule has 4 rings (SSSR count). The SMILES string of the molecule is O=C1CCC2(CCN(CCc3ccccc3)CC2)CN1C[C@@H]1CCCO1. The number of amides is 1. The fourth-order valence-electron chi connectivity index (χ4n) is 4.89. The van der Waals surface area contributed by atoms with Crippen molar-refractivity contribution in [1.29, 1.82) is 0 Å². The van der Waals surface area contributed by atoms with Crippen LogP contribution in [0, 0.1) is 5.41 Å². The molecule has 1 aromatic rings. The minimum atomic E-state index is 0.278. The predicted molar refractivity (Wildman–Crippen MR) is 103 cm³/mol. The van der Waals surface area contributed by atoms with E-state index < -0.39 is 0 Å². The van der Waals surface area contributed by atoms with Gasteiger partial charge in [-0.3, -0.25) is 4.79 Å². The van der Waals surface area contributed by atoms with Gasteiger partial charge in [-0.1, -0.05) is 30.3 Å². The molecule has 1 atom stereocenters. The zero-order valence-corrected chi connectivity index (χ0v) is 15.9. The summed E-state index contributed by atoms with van der Waals surface area (Å²) in [5.74, 6) is 0.345. The van der Waals surface area contributed by atoms with Gasteiger partial charge in [0.2, 0.25) is 5.91 Å². The number of piperidine rings is 2. The van der Waals surface area contributed by atoms with E-state index in [4.69, 9.17) is 4.74 Å². The van der Waals surface area contributed by atoms with Crippen molar-refractivity contribution >= 4 is 5.91 Å². The summed E-state index contributed by atoms with van der Waals surface area (Å²) in [5, 5.41) is 0. The van der Waals surface area contributed by atoms with Crippen LogP contribution >= 0.6 is 0 Å². The minimum Gasteiger partial charge on any atom is -0.376 e. The summed E-state index contributed by atoms with van der Waals surface area (Å²) < 4.78 is 5.77. The molecular formula is C22H32N2O2. The van der Waals surface area contributed by atoms with Crippen molar-refractivity contribution in [3.8, 4) is 0 Å². The third kappa shape index (κ3) is 4.29. The van der Waals surface area contributed by atoms with E-state index in [1.165, 1.54) is 31.5 Å². The van der Waals surface area contributed by atoms with Crippen LogP contribution in [0.5, 0.6) is 0 Å². The molecule has 0 aliphatic carbocycles. The highest BCUT2D eigenvalue weighted by Crippen LogP contribution is 2.40. The molecule has 3 fully saturated rings. The Morgan fingerprint density at radius 3 is 2.65 bits per heavy atom. The molecule has 0 N–H and O–H groups in total. The van der Waals surface area contributed by atoms with E-state index >= 15 is 0 Å². The van der Waals surface area contributed by atoms with Crippen LogP contribution in [-0.2, 0) is 16.0 Å². The van der Waals surface area contributed by atoms with E-state index in [9.17, 15) is 4.79 Å². The highest BCUT2D eigenvalue weighted by Gasteiger charge is 2.41. The normalized spacial score (nSPS) is 26.5. The van der Waals surface area contributed by atoms with Crippen LogP contribution in [0.1, 0.15) is 44.1 Å². The van der Waals surface area contributed by atoms with E-state index in [-0.39, 0.29) is 6.10 Å². The van der Waals surface area contributed by atoms with Gasteiger partial charge in [-0.25, -0.2) is 0 Å². The number of benzene rings is 1. The first-order chi connectivity index (χ1) is 12.7. The average Bonchev–Trinajstić information content (AvgIpc) is 3.19. The van der Waals surface area contributed by atoms with Crippen molar-refractivity contribution < 1.29 is 9.53 Å². The topological polar surface area (TPSA) is 32.8 Å². The molecule has 0 radical (unpaired) electrons. The van der Waals surface area contributed by atoms with Crippen molar-refractivity contribution in [2.45, 2.75) is 51.0 Å². The molecule has 142 valence electrons. The van der Waals surface area contributed by atoms with Crippen LogP contribution < -0.4 is 0 Å². The molecule has 0 unspecified atom stereocenters. The van der Waals surface area contributed by atoms with Crippen molar-refractivity contribution in [2.24, 2.45) is 5.41 Å². The Labute approximate surface area is 157 Å². The first-order valence-corrected chi connectivity index (χ1v) is 10.4. The maximum absolute atomic E-state index is 12.4. The lowest BCUT2D eigenvalue weighted by molar-refractivity contribution is -0.141. The van der Waals surface area contributed by atoms with Crippen molar-refractivity contribution in [3.63, 3.8) is 0 Å². The monoisotopic (exact) mass is 356 g/mol. The van der Waals surface area contributed by atoms with Crippen molar-refractivity contribution in [2.75, 3.05) is 39.3 Å². The Hall–Kier alpha value is -1.39. The second-order valence-corrected chi connectivity index (χ2v) is 8.49. The Bertz CT molecular complexity index is 589. The van der Waals surface area contributed by atoms with Gasteiger partial charge >= 0.3 is 0 Å². The molecule has 3 aliphatic heterocycles. The van der Waals surface area contributed by atoms with Crippen LogP contribution in [0.2, 0.25) is 0 Å². The lowest BCUT2D eigenvalue weighted by atomic mass is 9.72. The summed E-state index contributed by atoms with van der Waals surface area (Å²) in [4.78, 5) is 17.1. The molecule has 1 spiro atoms. The molecule has 26 heavy (non-hydrogen) atoms. The molecule has 3 heterocycles. The van der Waals surface area contributed by atoms with E-state index in [2.05, 4.69) is 40.1 Å². The lowest BCUT2D eigenvalue weighted by Gasteiger charge is -2.48. The van der Waals surface area contributed by atoms with Gasteiger partial charge in [0.25, 0.3) is 0 Å². The van der Waals surface area contributed by atoms with Crippen LogP contribution in [0.15, 0.2) is 30.3 Å². The number of hydrogen-bond donors (Lipinski definition) is 0. The lowest BCUT2D eigenvalue weighted by Crippen LogP contribution is -2.53. The first-order valence-electron chi connectivity index (χ1n) is 10.4. The summed E-state index contributed by atoms with van der Waals surface area (Å²) in [6, 6.07) is 10.8. The standard InChI is InChI=1S/C22H32N2O2/c25-21-8-10-22(18-24(21)17-20-7-4-16-26-20)11-14-23(15-12-22)13-9-19-5-2-1-3-6-19/h1-3,5-6,20H,4,7-18H2/t20-/m0/s1. The van der Waals surface area contributed by atoms with Crippen LogP contribution in [0.4, 0.5) is 0 Å². The van der Waals surface area contributed by atoms with Gasteiger partial charge < -0.3 is 14.5 Å². The molecule has 1 aromatic carbocycles. The third-order valence-electron chi connectivity index (χ3n) is 6.67. The fourth-order valence-corrected chi connectivity index (χ4v) is 4.89. The van der Waals surface area contributed by atoms with Gasteiger partial charge in [0.05, 0.1) is 6.10 Å². The predicted octanol–water partition coefficient (Wildman–Crippen LogP) is 3.11. The number of carbonyl (C=O) groups excluding carboxylic acids is 1. The number of rotatable bonds is 5. The van der Waals surface area contributed by atoms with Gasteiger partial charge in [-0.2, -0.15) is 0 Å². The molecule has 4 heteroatoms. The van der Waals surface area contributed by atoms with Gasteiger partial charge in [0, 0.05) is 32.7 Å². The van der Waals surface area contributed by atoms with Gasteiger partial charge in [-0.15, -0.1) is 0 Å². The summed E-state index contributed by atoms with van der Waals surface area (Å²) in [6.45, 7) is 6.15. The van der Waals surface area contributed by atoms with E-state index in [1.54, 1.807) is 0 Å². The summed E-state index contributed by atoms with van der Waals surface area (Å²) in [7, 11) is 0. The quantitative estimate of drug-likeness (QED) is 0.813. The molecule has 3 aliphatic rings. The number of hydrogen-bond acceptors (Lipinski definition) is 3. The zero-order valence-electron chi connectivity index (χ0n) is 15.9. The number of likely N-dealkylation sites (tertiary alicyclic amines) is 2. The molecule has 1 amide bonds. The molecule has 0 bridgehead atoms. The number of nitrogens with zero attached hydrogens (tertiary/aromatic N) is 2. The second kappa shape index (κ2) is 8.10. The average molecular weight is 357 g/mol. The van der Waals surface area contributed by atoms with Crippen molar-refractivity contribution in [1.82, 2.24) is 9.80 Å². The maximum Gasteiger partial charge on any atom is 0.222 e. The maximum atomic E-state index is 12.4. The van der Waals surface area contributed by atoms with E-state index in [0.717, 1.165) is 58.3 Å². The van der Waals surface area contributed by atoms with E-state index in [0.29, 0.717) is 11.3 Å². The van der Waals surface area contributed by atoms with Gasteiger partial charge in [-0.05, 0) is 62.6 Å². The van der Waals surface area contributed by atoms with Crippen molar-refractivity contribution in [3.05, 3.63) is 35.9 Å². The Morgan fingerprint density at radius 2 is 1.92 bits per heavy atom. The Morgan fingerprint density at radius 1 is 1.12 bits per heavy atom. The largest absolute Gasteiger partial charge is 0.376 e. The van der Waals surface area contributed by atoms with E-state index in [1.807, 2.05) is 0 Å². The Balaban J connectivity index is 1.27. The molecular weight excluding hydrogens is 324 g/mol. The zero-order chi connectivity index (χ0) is 17.8. The molecule has 0 aromatic heterocycles. The number of ether oxygens (including phenoxy) is 1. The molecule has 0 saturated carbocycles. The highest BCUT2D eigenvalue weighted by molar-refractivity contribution is 5.77. The second-order valence-electron chi connectivity index (χ2n) is 8.49. The van der Waals surface area contributed by atoms with Gasteiger partial charge in [0.15, 0.2) is 0 Å². The smallest absolute Gasteiger partial charge is 0.222 e. The molecule has 4 nitrogen and oxygen atoms in total. The fraction of sp³-hybridized carbons (Fsp3) is 0.682. The Kier molecular flexibility index (Phi) is 5.60. The van der Waals surface area contributed by atoms with Gasteiger partial charge in [0.1, 0.15) is 0 Å². The van der Waals surface area contributed by atoms with Crippen LogP contribution in [0.3, 0.4) is 0 Å². The third-order valence-corrected chi connectivity index (χ3v) is 6.67. The highest BCUT2D eigenvalue weighted by atomic mass is 16.5. The summed E-state index contributed by atoms with van der Waals surface area (Å²) in [6.07, 6.45) is 7.96. The summed E-state index contributed by atoms with van der Waals surface area (Å²) >= 11 is 0. The first kappa shape index (κ1) is 18.0. The minimum absolute atomic E-state index is 0.278. The number of carbonyl (C=O) groups is 1. The summed E-state index contributed by atoms with van der Waals surface area (Å²) in [5.41, 5.74) is 1.79. The van der Waals surface area contributed by atoms with Crippen LogP contribution in [0.25, 0.3) is 0 Å². The van der Waals surface area contributed by atoms with Crippen LogP contribution in [-0.4, -0.2) is 61.1 Å².